The standard InChI is InChI=1S/C24H26FN3O2/c1-14(2)27-18-6-7-19(22(25)11-18)21-10-15(3)20(9-16(21)4)17-5-8-23(26-12-17)28-24(30)13-29/h5-12,14,27,29H,13H2,1-4H3,(H,26,28,30). The van der Waals surface area contributed by atoms with Gasteiger partial charge in [-0.2, -0.15) is 0 Å². The molecule has 6 heteroatoms. The highest BCUT2D eigenvalue weighted by molar-refractivity contribution is 5.90. The molecule has 0 saturated heterocycles. The average molecular weight is 407 g/mol. The highest BCUT2D eigenvalue weighted by Crippen LogP contribution is 2.34. The van der Waals surface area contributed by atoms with E-state index in [2.05, 4.69) is 15.6 Å². The van der Waals surface area contributed by atoms with Crippen LogP contribution in [-0.4, -0.2) is 28.6 Å². The van der Waals surface area contributed by atoms with E-state index in [1.807, 2.05) is 58.0 Å². The second-order valence-electron chi connectivity index (χ2n) is 7.61. The van der Waals surface area contributed by atoms with Crippen molar-refractivity contribution in [3.8, 4) is 22.3 Å². The molecule has 0 bridgehead atoms. The molecule has 5 nitrogen and oxygen atoms in total. The van der Waals surface area contributed by atoms with Crippen molar-refractivity contribution in [1.82, 2.24) is 4.98 Å². The third kappa shape index (κ3) is 4.83. The molecule has 1 aromatic heterocycles. The zero-order valence-corrected chi connectivity index (χ0v) is 17.6. The Labute approximate surface area is 176 Å². The van der Waals surface area contributed by atoms with E-state index in [1.54, 1.807) is 12.3 Å². The number of anilines is 2. The number of amides is 1. The zero-order valence-electron chi connectivity index (χ0n) is 17.6. The zero-order chi connectivity index (χ0) is 21.8. The Morgan fingerprint density at radius 1 is 1.03 bits per heavy atom. The van der Waals surface area contributed by atoms with Gasteiger partial charge in [0.05, 0.1) is 0 Å². The molecule has 0 aliphatic carbocycles. The molecule has 0 spiro atoms. The summed E-state index contributed by atoms with van der Waals surface area (Å²) in [5.74, 6) is -0.397. The number of benzene rings is 2. The predicted molar refractivity (Wildman–Crippen MR) is 119 cm³/mol. The fourth-order valence-electron chi connectivity index (χ4n) is 3.38. The number of aryl methyl sites for hydroxylation is 2. The lowest BCUT2D eigenvalue weighted by Crippen LogP contribution is -2.16. The Morgan fingerprint density at radius 3 is 2.33 bits per heavy atom. The monoisotopic (exact) mass is 407 g/mol. The summed E-state index contributed by atoms with van der Waals surface area (Å²) >= 11 is 0. The van der Waals surface area contributed by atoms with E-state index in [1.165, 1.54) is 6.07 Å². The number of carbonyl (C=O) groups excluding carboxylic acids is 1. The number of carbonyl (C=O) groups is 1. The van der Waals surface area contributed by atoms with Crippen molar-refractivity contribution >= 4 is 17.4 Å². The maximum atomic E-state index is 14.8. The van der Waals surface area contributed by atoms with Crippen LogP contribution < -0.4 is 10.6 Å². The average Bonchev–Trinajstić information content (AvgIpc) is 2.70. The normalized spacial score (nSPS) is 10.9. The Hall–Kier alpha value is -3.25. The number of rotatable bonds is 6. The summed E-state index contributed by atoms with van der Waals surface area (Å²) in [4.78, 5) is 15.5. The summed E-state index contributed by atoms with van der Waals surface area (Å²) in [6.07, 6.45) is 1.67. The number of pyridine rings is 1. The first-order valence-corrected chi connectivity index (χ1v) is 9.83. The third-order valence-electron chi connectivity index (χ3n) is 4.77. The van der Waals surface area contributed by atoms with Crippen molar-refractivity contribution in [2.45, 2.75) is 33.7 Å². The molecule has 0 atom stereocenters. The highest BCUT2D eigenvalue weighted by Gasteiger charge is 2.13. The summed E-state index contributed by atoms with van der Waals surface area (Å²) < 4.78 is 14.8. The second-order valence-corrected chi connectivity index (χ2v) is 7.61. The summed E-state index contributed by atoms with van der Waals surface area (Å²) in [6.45, 7) is 7.38. The molecule has 0 unspecified atom stereocenters. The van der Waals surface area contributed by atoms with E-state index >= 15 is 0 Å². The second kappa shape index (κ2) is 9.05. The van der Waals surface area contributed by atoms with E-state index in [0.717, 1.165) is 33.5 Å². The molecule has 30 heavy (non-hydrogen) atoms. The van der Waals surface area contributed by atoms with Crippen LogP contribution in [0.1, 0.15) is 25.0 Å². The van der Waals surface area contributed by atoms with E-state index in [0.29, 0.717) is 11.4 Å². The van der Waals surface area contributed by atoms with E-state index in [-0.39, 0.29) is 11.9 Å². The van der Waals surface area contributed by atoms with Gasteiger partial charge in [0.25, 0.3) is 5.91 Å². The summed E-state index contributed by atoms with van der Waals surface area (Å²) in [6, 6.07) is 13.0. The van der Waals surface area contributed by atoms with Crippen LogP contribution >= 0.6 is 0 Å². The molecule has 3 N–H and O–H groups in total. The van der Waals surface area contributed by atoms with Gasteiger partial charge in [0.15, 0.2) is 0 Å². The smallest absolute Gasteiger partial charge is 0.251 e. The topological polar surface area (TPSA) is 74.2 Å². The minimum absolute atomic E-state index is 0.232. The van der Waals surface area contributed by atoms with Crippen LogP contribution in [-0.2, 0) is 4.79 Å². The van der Waals surface area contributed by atoms with Crippen LogP contribution in [0.25, 0.3) is 22.3 Å². The molecule has 2 aromatic carbocycles. The van der Waals surface area contributed by atoms with Crippen LogP contribution in [0, 0.1) is 19.7 Å². The number of hydrogen-bond donors (Lipinski definition) is 3. The lowest BCUT2D eigenvalue weighted by molar-refractivity contribution is -0.118. The van der Waals surface area contributed by atoms with Crippen molar-refractivity contribution in [1.29, 1.82) is 0 Å². The van der Waals surface area contributed by atoms with Crippen LogP contribution in [0.3, 0.4) is 0 Å². The Morgan fingerprint density at radius 2 is 1.73 bits per heavy atom. The molecule has 156 valence electrons. The van der Waals surface area contributed by atoms with Crippen LogP contribution in [0.2, 0.25) is 0 Å². The quantitative estimate of drug-likeness (QED) is 0.542. The first kappa shape index (κ1) is 21.5. The Balaban J connectivity index is 1.92. The van der Waals surface area contributed by atoms with Crippen LogP contribution in [0.5, 0.6) is 0 Å². The lowest BCUT2D eigenvalue weighted by atomic mass is 9.92. The Kier molecular flexibility index (Phi) is 6.47. The van der Waals surface area contributed by atoms with Crippen molar-refractivity contribution < 1.29 is 14.3 Å². The van der Waals surface area contributed by atoms with Crippen LogP contribution in [0.4, 0.5) is 15.9 Å². The molecule has 3 aromatic rings. The number of hydrogen-bond acceptors (Lipinski definition) is 4. The van der Waals surface area contributed by atoms with Gasteiger partial charge in [-0.05, 0) is 80.3 Å². The van der Waals surface area contributed by atoms with Gasteiger partial charge < -0.3 is 15.7 Å². The van der Waals surface area contributed by atoms with Crippen molar-refractivity contribution in [2.75, 3.05) is 17.2 Å². The SMILES string of the molecule is Cc1cc(-c2ccc(NC(C)C)cc2F)c(C)cc1-c1ccc(NC(=O)CO)nc1. The number of halogens is 1. The molecular formula is C24H26FN3O2. The molecule has 0 saturated carbocycles. The van der Waals surface area contributed by atoms with Crippen LogP contribution in [0.15, 0.2) is 48.7 Å². The summed E-state index contributed by atoms with van der Waals surface area (Å²) in [5.41, 5.74) is 6.01. The molecule has 1 amide bonds. The van der Waals surface area contributed by atoms with Gasteiger partial charge >= 0.3 is 0 Å². The molecule has 0 aliphatic rings. The van der Waals surface area contributed by atoms with Crippen molar-refractivity contribution in [3.63, 3.8) is 0 Å². The van der Waals surface area contributed by atoms with E-state index < -0.39 is 12.5 Å². The first-order chi connectivity index (χ1) is 14.3. The van der Waals surface area contributed by atoms with Crippen molar-refractivity contribution in [3.05, 3.63) is 65.6 Å². The fourth-order valence-corrected chi connectivity index (χ4v) is 3.38. The maximum Gasteiger partial charge on any atom is 0.251 e. The number of aliphatic hydroxyl groups is 1. The maximum absolute atomic E-state index is 14.8. The number of nitrogens with one attached hydrogen (secondary N) is 2. The van der Waals surface area contributed by atoms with Gasteiger partial charge in [0, 0.05) is 29.1 Å². The molecule has 1 heterocycles. The minimum Gasteiger partial charge on any atom is -0.387 e. The molecule has 0 fully saturated rings. The largest absolute Gasteiger partial charge is 0.387 e. The Bertz CT molecular complexity index is 1060. The molecular weight excluding hydrogens is 381 g/mol. The van der Waals surface area contributed by atoms with Gasteiger partial charge in [-0.3, -0.25) is 4.79 Å². The number of aromatic nitrogens is 1. The lowest BCUT2D eigenvalue weighted by Gasteiger charge is -2.15. The number of nitrogens with zero attached hydrogens (tertiary/aromatic N) is 1. The first-order valence-electron chi connectivity index (χ1n) is 9.83. The van der Waals surface area contributed by atoms with Gasteiger partial charge in [0.2, 0.25) is 0 Å². The van der Waals surface area contributed by atoms with Gasteiger partial charge in [-0.15, -0.1) is 0 Å². The van der Waals surface area contributed by atoms with E-state index in [4.69, 9.17) is 5.11 Å². The summed E-state index contributed by atoms with van der Waals surface area (Å²) in [5, 5.41) is 14.5. The minimum atomic E-state index is -0.589. The molecule has 0 aliphatic heterocycles. The van der Waals surface area contributed by atoms with Gasteiger partial charge in [-0.25, -0.2) is 9.37 Å². The predicted octanol–water partition coefficient (Wildman–Crippen LogP) is 4.92. The highest BCUT2D eigenvalue weighted by atomic mass is 19.1. The summed E-state index contributed by atoms with van der Waals surface area (Å²) in [7, 11) is 0. The van der Waals surface area contributed by atoms with Crippen molar-refractivity contribution in [2.24, 2.45) is 0 Å². The van der Waals surface area contributed by atoms with E-state index in [9.17, 15) is 9.18 Å². The van der Waals surface area contributed by atoms with Gasteiger partial charge in [-0.1, -0.05) is 12.1 Å². The third-order valence-corrected chi connectivity index (χ3v) is 4.77. The van der Waals surface area contributed by atoms with Gasteiger partial charge in [0.1, 0.15) is 18.2 Å². The molecule has 0 radical (unpaired) electrons. The fraction of sp³-hybridized carbons (Fsp3) is 0.250. The molecule has 3 rings (SSSR count). The number of aliphatic hydroxyl groups excluding tert-OH is 1.